The van der Waals surface area contributed by atoms with Gasteiger partial charge in [0.1, 0.15) is 29.5 Å². The van der Waals surface area contributed by atoms with Gasteiger partial charge in [-0.05, 0) is 38.8 Å². The van der Waals surface area contributed by atoms with Gasteiger partial charge in [-0.15, -0.1) is 0 Å². The summed E-state index contributed by atoms with van der Waals surface area (Å²) < 4.78 is 48.0. The minimum absolute atomic E-state index is 0.0118. The van der Waals surface area contributed by atoms with E-state index in [-0.39, 0.29) is 48.7 Å². The molecule has 3 saturated heterocycles. The van der Waals surface area contributed by atoms with Gasteiger partial charge < -0.3 is 40.0 Å². The van der Waals surface area contributed by atoms with Crippen molar-refractivity contribution in [3.8, 4) is 5.75 Å². The molecule has 3 aliphatic rings. The molecule has 2 amide bonds. The normalized spacial score (nSPS) is 21.0. The van der Waals surface area contributed by atoms with Gasteiger partial charge in [0.15, 0.2) is 6.29 Å². The van der Waals surface area contributed by atoms with E-state index in [1.807, 2.05) is 60.9 Å². The number of carbonyl (C=O) groups excluding carboxylic acids is 2. The van der Waals surface area contributed by atoms with Crippen LogP contribution in [0.5, 0.6) is 5.75 Å². The molecule has 3 atom stereocenters. The minimum atomic E-state index is -1.81. The Kier molecular flexibility index (Phi) is 11.4. The van der Waals surface area contributed by atoms with E-state index < -0.39 is 29.4 Å². The fourth-order valence-electron chi connectivity index (χ4n) is 7.87. The van der Waals surface area contributed by atoms with Crippen molar-refractivity contribution in [2.24, 2.45) is 11.7 Å². The molecule has 4 heterocycles. The molecule has 1 aromatic heterocycles. The molecule has 0 saturated carbocycles. The number of benzene rings is 2. The largest absolute Gasteiger partial charge is 0.489 e. The van der Waals surface area contributed by atoms with Crippen molar-refractivity contribution in [3.63, 3.8) is 0 Å². The molecule has 3 aromatic rings. The maximum atomic E-state index is 15.8. The van der Waals surface area contributed by atoms with Crippen LogP contribution in [0, 0.1) is 17.6 Å². The van der Waals surface area contributed by atoms with E-state index in [0.717, 1.165) is 24.7 Å². The first-order valence-corrected chi connectivity index (χ1v) is 18.2. The van der Waals surface area contributed by atoms with Gasteiger partial charge in [0.05, 0.1) is 36.2 Å². The second kappa shape index (κ2) is 15.8. The summed E-state index contributed by atoms with van der Waals surface area (Å²) in [5.41, 5.74) is 6.56. The van der Waals surface area contributed by atoms with Crippen LogP contribution in [0.1, 0.15) is 57.4 Å². The van der Waals surface area contributed by atoms with Gasteiger partial charge in [-0.25, -0.2) is 8.78 Å². The smallest absolute Gasteiger partial charge is 0.247 e. The number of rotatable bonds is 16. The zero-order valence-corrected chi connectivity index (χ0v) is 30.4. The van der Waals surface area contributed by atoms with Gasteiger partial charge in [-0.1, -0.05) is 43.3 Å². The van der Waals surface area contributed by atoms with Crippen LogP contribution in [0.15, 0.2) is 60.8 Å². The van der Waals surface area contributed by atoms with Gasteiger partial charge in [0.2, 0.25) is 11.8 Å². The number of nitrogens with two attached hydrogens (primary N) is 1. The first kappa shape index (κ1) is 37.6. The summed E-state index contributed by atoms with van der Waals surface area (Å²) in [6.45, 7) is 10.5. The minimum Gasteiger partial charge on any atom is -0.489 e. The molecule has 6 rings (SSSR count). The number of ether oxygens (including phenoxy) is 3. The van der Waals surface area contributed by atoms with Crippen molar-refractivity contribution in [3.05, 3.63) is 89.2 Å². The molecule has 2 aromatic carbocycles. The number of amides is 2. The average Bonchev–Trinajstić information content (AvgIpc) is 3.70. The Morgan fingerprint density at radius 2 is 1.81 bits per heavy atom. The lowest BCUT2D eigenvalue weighted by molar-refractivity contribution is -0.163. The third kappa shape index (κ3) is 7.64. The van der Waals surface area contributed by atoms with E-state index in [1.54, 1.807) is 6.07 Å². The second-order valence-corrected chi connectivity index (χ2v) is 14.1. The Bertz CT molecular complexity index is 1720. The summed E-state index contributed by atoms with van der Waals surface area (Å²) in [7, 11) is 0. The zero-order chi connectivity index (χ0) is 37.0. The number of anilines is 1. The van der Waals surface area contributed by atoms with E-state index in [0.29, 0.717) is 56.4 Å². The number of nitrogens with one attached hydrogen (secondary N) is 1. The fraction of sp³-hybridized carbons (Fsp3) is 0.513. The third-order valence-electron chi connectivity index (χ3n) is 10.6. The summed E-state index contributed by atoms with van der Waals surface area (Å²) in [5, 5.41) is 3.56. The van der Waals surface area contributed by atoms with Crippen molar-refractivity contribution < 1.29 is 32.6 Å². The summed E-state index contributed by atoms with van der Waals surface area (Å²) in [5.74, 6) is -1.15. The van der Waals surface area contributed by atoms with E-state index in [4.69, 9.17) is 19.9 Å². The van der Waals surface area contributed by atoms with Gasteiger partial charge >= 0.3 is 0 Å². The van der Waals surface area contributed by atoms with Gasteiger partial charge in [-0.3, -0.25) is 14.6 Å². The standard InChI is InChI=1S/C39H50F2N6O5/c1-5-35(48)47-21-29-17-39(47,25-44-29)27-19-45(20-27)34-15-28(40)18-43-33(34)22-46(23-36(50-6-2)51-7-3)37(49)38(4,42)31-14-13-30(16-32(31)41)52-24-26-11-9-8-10-12-26/h8-16,18,27,29,36,44H,5-7,17,19-25,42H2,1-4H3/t29-,38-,39+/m0/s1. The van der Waals surface area contributed by atoms with Crippen LogP contribution >= 0.6 is 0 Å². The molecule has 3 fully saturated rings. The van der Waals surface area contributed by atoms with Crippen molar-refractivity contribution in [1.82, 2.24) is 20.1 Å². The molecule has 13 heteroatoms. The Balaban J connectivity index is 1.23. The van der Waals surface area contributed by atoms with Gasteiger partial charge in [0, 0.05) is 75.5 Å². The highest BCUT2D eigenvalue weighted by atomic mass is 19.1. The number of hydrogen-bond donors (Lipinski definition) is 2. The van der Waals surface area contributed by atoms with Crippen molar-refractivity contribution in [2.75, 3.05) is 50.8 Å². The van der Waals surface area contributed by atoms with Crippen LogP contribution in [0.25, 0.3) is 0 Å². The summed E-state index contributed by atoms with van der Waals surface area (Å²) >= 11 is 0. The van der Waals surface area contributed by atoms with Crippen molar-refractivity contribution >= 4 is 17.5 Å². The van der Waals surface area contributed by atoms with Crippen LogP contribution in [0.3, 0.4) is 0 Å². The molecule has 0 radical (unpaired) electrons. The number of nitrogens with zero attached hydrogens (tertiary/aromatic N) is 4. The van der Waals surface area contributed by atoms with Gasteiger partial charge in [0.25, 0.3) is 0 Å². The second-order valence-electron chi connectivity index (χ2n) is 14.1. The SMILES string of the molecule is CCOC(CN(Cc1ncc(F)cc1N1CC([C@@]23CN[C@H](CN2C(=O)CC)C3)C1)C(=O)[C@@](C)(N)c1ccc(OCc2ccccc2)cc1F)OCC. The lowest BCUT2D eigenvalue weighted by atomic mass is 9.77. The van der Waals surface area contributed by atoms with E-state index >= 15 is 4.39 Å². The molecule has 0 unspecified atom stereocenters. The number of fused-ring (bicyclic) bond motifs is 2. The first-order chi connectivity index (χ1) is 25.0. The molecule has 0 spiro atoms. The van der Waals surface area contributed by atoms with Crippen LogP contribution in [0.2, 0.25) is 0 Å². The topological polar surface area (TPSA) is 122 Å². The van der Waals surface area contributed by atoms with Crippen LogP contribution in [0.4, 0.5) is 14.5 Å². The molecule has 3 N–H and O–H groups in total. The number of hydrogen-bond acceptors (Lipinski definition) is 9. The zero-order valence-electron chi connectivity index (χ0n) is 30.4. The molecule has 0 aliphatic carbocycles. The summed E-state index contributed by atoms with van der Waals surface area (Å²) in [6, 6.07) is 15.5. The molecule has 280 valence electrons. The first-order valence-electron chi connectivity index (χ1n) is 18.2. The Hall–Kier alpha value is -4.17. The lowest BCUT2D eigenvalue weighted by Crippen LogP contribution is -2.67. The number of aromatic nitrogens is 1. The fourth-order valence-corrected chi connectivity index (χ4v) is 7.87. The summed E-state index contributed by atoms with van der Waals surface area (Å²) in [6.07, 6.45) is 1.68. The highest BCUT2D eigenvalue weighted by molar-refractivity contribution is 5.87. The maximum absolute atomic E-state index is 15.8. The lowest BCUT2D eigenvalue weighted by Gasteiger charge is -2.53. The molecular weight excluding hydrogens is 670 g/mol. The van der Waals surface area contributed by atoms with E-state index in [9.17, 15) is 14.0 Å². The van der Waals surface area contributed by atoms with Crippen LogP contribution in [-0.4, -0.2) is 90.4 Å². The number of pyridine rings is 1. The average molecular weight is 721 g/mol. The van der Waals surface area contributed by atoms with E-state index in [1.165, 1.54) is 30.0 Å². The number of likely N-dealkylation sites (tertiary alicyclic amines) is 1. The molecule has 11 nitrogen and oxygen atoms in total. The third-order valence-corrected chi connectivity index (χ3v) is 10.6. The highest BCUT2D eigenvalue weighted by Crippen LogP contribution is 2.45. The monoisotopic (exact) mass is 720 g/mol. The number of carbonyl (C=O) groups is 2. The van der Waals surface area contributed by atoms with E-state index in [2.05, 4.69) is 10.3 Å². The molecule has 2 bridgehead atoms. The van der Waals surface area contributed by atoms with Crippen LogP contribution < -0.4 is 20.7 Å². The Labute approximate surface area is 304 Å². The van der Waals surface area contributed by atoms with Crippen LogP contribution in [-0.2, 0) is 37.8 Å². The maximum Gasteiger partial charge on any atom is 0.247 e. The van der Waals surface area contributed by atoms with Crippen molar-refractivity contribution in [2.45, 2.75) is 77.1 Å². The molecule has 52 heavy (non-hydrogen) atoms. The Morgan fingerprint density at radius 1 is 1.08 bits per heavy atom. The molecular formula is C39H50F2N6O5. The van der Waals surface area contributed by atoms with Gasteiger partial charge in [-0.2, -0.15) is 0 Å². The van der Waals surface area contributed by atoms with Crippen molar-refractivity contribution in [1.29, 1.82) is 0 Å². The quantitative estimate of drug-likeness (QED) is 0.208. The Morgan fingerprint density at radius 3 is 2.46 bits per heavy atom. The molecule has 3 aliphatic heterocycles. The summed E-state index contributed by atoms with van der Waals surface area (Å²) in [4.78, 5) is 37.4. The predicted molar refractivity (Wildman–Crippen MR) is 192 cm³/mol. The number of piperazine rings is 1. The predicted octanol–water partition coefficient (Wildman–Crippen LogP) is 4.33. The number of halogens is 2. The highest BCUT2D eigenvalue weighted by Gasteiger charge is 2.59.